The van der Waals surface area contributed by atoms with E-state index in [0.29, 0.717) is 5.02 Å². The molecule has 0 bridgehead atoms. The standard InChI is InChI=1S/C20H18BrClN2O2/c1-13-7-12-19(15-8-10-16(21)11-9-15)24(13)23-20(25)26-14(2)17-5-3-4-6-18(17)22/h3-12,14H,1-2H3,(H,23,25). The van der Waals surface area contributed by atoms with E-state index in [9.17, 15) is 4.79 Å². The number of ether oxygens (including phenoxy) is 1. The van der Waals surface area contributed by atoms with Gasteiger partial charge in [-0.3, -0.25) is 4.68 Å². The average Bonchev–Trinajstić information content (AvgIpc) is 2.96. The number of rotatable bonds is 4. The van der Waals surface area contributed by atoms with Crippen molar-refractivity contribution >= 4 is 33.6 Å². The van der Waals surface area contributed by atoms with Crippen LogP contribution in [-0.2, 0) is 4.74 Å². The van der Waals surface area contributed by atoms with Crippen molar-refractivity contribution in [1.29, 1.82) is 0 Å². The van der Waals surface area contributed by atoms with E-state index in [1.165, 1.54) is 0 Å². The predicted octanol–water partition coefficient (Wildman–Crippen LogP) is 6.32. The summed E-state index contributed by atoms with van der Waals surface area (Å²) in [5.74, 6) is 0. The molecule has 4 nitrogen and oxygen atoms in total. The van der Waals surface area contributed by atoms with E-state index in [2.05, 4.69) is 21.4 Å². The number of amides is 1. The van der Waals surface area contributed by atoms with Crippen molar-refractivity contribution in [1.82, 2.24) is 4.68 Å². The number of halogens is 2. The van der Waals surface area contributed by atoms with E-state index in [1.54, 1.807) is 17.7 Å². The first-order valence-corrected chi connectivity index (χ1v) is 9.29. The number of carbonyl (C=O) groups is 1. The van der Waals surface area contributed by atoms with Crippen molar-refractivity contribution in [2.24, 2.45) is 0 Å². The number of hydrogen-bond acceptors (Lipinski definition) is 2. The number of benzene rings is 2. The maximum absolute atomic E-state index is 12.4. The fourth-order valence-electron chi connectivity index (χ4n) is 2.68. The number of carbonyl (C=O) groups excluding carboxylic acids is 1. The summed E-state index contributed by atoms with van der Waals surface area (Å²) in [5.41, 5.74) is 6.31. The number of nitrogens with one attached hydrogen (secondary N) is 1. The third-order valence-corrected chi connectivity index (χ3v) is 4.92. The van der Waals surface area contributed by atoms with Crippen molar-refractivity contribution in [3.8, 4) is 11.3 Å². The topological polar surface area (TPSA) is 43.3 Å². The van der Waals surface area contributed by atoms with E-state index in [1.807, 2.05) is 61.5 Å². The molecule has 26 heavy (non-hydrogen) atoms. The molecule has 0 aliphatic carbocycles. The molecule has 0 radical (unpaired) electrons. The molecule has 1 aromatic heterocycles. The lowest BCUT2D eigenvalue weighted by Gasteiger charge is -2.18. The fraction of sp³-hybridized carbons (Fsp3) is 0.150. The van der Waals surface area contributed by atoms with Crippen LogP contribution in [0.25, 0.3) is 11.3 Å². The van der Waals surface area contributed by atoms with Crippen molar-refractivity contribution in [2.45, 2.75) is 20.0 Å². The number of aryl methyl sites for hydroxylation is 1. The smallest absolute Gasteiger partial charge is 0.427 e. The Morgan fingerprint density at radius 1 is 1.12 bits per heavy atom. The summed E-state index contributed by atoms with van der Waals surface area (Å²) in [6.07, 6.45) is -1.01. The fourth-order valence-corrected chi connectivity index (χ4v) is 3.23. The highest BCUT2D eigenvalue weighted by Crippen LogP contribution is 2.26. The minimum Gasteiger partial charge on any atom is -0.440 e. The van der Waals surface area contributed by atoms with Gasteiger partial charge in [0.1, 0.15) is 6.10 Å². The third kappa shape index (κ3) is 4.11. The normalized spacial score (nSPS) is 11.8. The van der Waals surface area contributed by atoms with Crippen molar-refractivity contribution in [3.63, 3.8) is 0 Å². The van der Waals surface area contributed by atoms with E-state index in [4.69, 9.17) is 16.3 Å². The van der Waals surface area contributed by atoms with Gasteiger partial charge in [0.2, 0.25) is 0 Å². The lowest BCUT2D eigenvalue weighted by molar-refractivity contribution is 0.118. The molecule has 0 fully saturated rings. The highest BCUT2D eigenvalue weighted by atomic mass is 79.9. The van der Waals surface area contributed by atoms with Gasteiger partial charge in [-0.05, 0) is 44.2 Å². The first-order chi connectivity index (χ1) is 12.5. The predicted molar refractivity (Wildman–Crippen MR) is 108 cm³/mol. The average molecular weight is 434 g/mol. The van der Waals surface area contributed by atoms with Crippen LogP contribution in [0.1, 0.15) is 24.3 Å². The maximum atomic E-state index is 12.4. The Morgan fingerprint density at radius 2 is 1.81 bits per heavy atom. The van der Waals surface area contributed by atoms with E-state index in [-0.39, 0.29) is 0 Å². The monoisotopic (exact) mass is 432 g/mol. The number of hydrogen-bond donors (Lipinski definition) is 1. The molecule has 1 N–H and O–H groups in total. The number of aromatic nitrogens is 1. The molecule has 2 aromatic carbocycles. The molecule has 3 rings (SSSR count). The molecule has 134 valence electrons. The van der Waals surface area contributed by atoms with Crippen LogP contribution in [-0.4, -0.2) is 10.8 Å². The Balaban J connectivity index is 1.77. The lowest BCUT2D eigenvalue weighted by atomic mass is 10.1. The van der Waals surface area contributed by atoms with Crippen LogP contribution in [0.2, 0.25) is 5.02 Å². The molecule has 6 heteroatoms. The Kier molecular flexibility index (Phi) is 5.69. The summed E-state index contributed by atoms with van der Waals surface area (Å²) in [6.45, 7) is 3.71. The van der Waals surface area contributed by atoms with Crippen LogP contribution in [0.4, 0.5) is 4.79 Å². The molecule has 1 heterocycles. The summed E-state index contributed by atoms with van der Waals surface area (Å²) in [4.78, 5) is 12.4. The van der Waals surface area contributed by atoms with Crippen LogP contribution in [0.5, 0.6) is 0 Å². The Labute approximate surface area is 165 Å². The molecule has 0 aliphatic rings. The Bertz CT molecular complexity index is 922. The number of nitrogens with zero attached hydrogens (tertiary/aromatic N) is 1. The zero-order valence-electron chi connectivity index (χ0n) is 14.4. The summed E-state index contributed by atoms with van der Waals surface area (Å²) in [5, 5.41) is 0.570. The van der Waals surface area contributed by atoms with Gasteiger partial charge in [0.25, 0.3) is 0 Å². The summed E-state index contributed by atoms with van der Waals surface area (Å²) in [6, 6.07) is 19.1. The Hall–Kier alpha value is -2.24. The molecule has 1 unspecified atom stereocenters. The quantitative estimate of drug-likeness (QED) is 0.523. The first-order valence-electron chi connectivity index (χ1n) is 8.12. The van der Waals surface area contributed by atoms with Gasteiger partial charge in [-0.25, -0.2) is 10.2 Å². The maximum Gasteiger partial charge on any atom is 0.427 e. The van der Waals surface area contributed by atoms with Crippen LogP contribution in [0.15, 0.2) is 65.1 Å². The van der Waals surface area contributed by atoms with Gasteiger partial charge in [0, 0.05) is 26.3 Å². The molecular weight excluding hydrogens is 416 g/mol. The largest absolute Gasteiger partial charge is 0.440 e. The highest BCUT2D eigenvalue weighted by Gasteiger charge is 2.16. The molecule has 1 atom stereocenters. The zero-order chi connectivity index (χ0) is 18.7. The van der Waals surface area contributed by atoms with Gasteiger partial charge < -0.3 is 4.74 Å². The highest BCUT2D eigenvalue weighted by molar-refractivity contribution is 9.10. The second-order valence-electron chi connectivity index (χ2n) is 5.88. The van der Waals surface area contributed by atoms with Gasteiger partial charge in [0.05, 0.1) is 5.69 Å². The van der Waals surface area contributed by atoms with Crippen LogP contribution in [0.3, 0.4) is 0 Å². The van der Waals surface area contributed by atoms with Crippen LogP contribution in [0, 0.1) is 6.92 Å². The summed E-state index contributed by atoms with van der Waals surface area (Å²) < 4.78 is 8.20. The first kappa shape index (κ1) is 18.5. The van der Waals surface area contributed by atoms with Gasteiger partial charge in [-0.2, -0.15) is 0 Å². The van der Waals surface area contributed by atoms with Gasteiger partial charge in [-0.15, -0.1) is 0 Å². The SMILES string of the molecule is Cc1ccc(-c2ccc(Br)cc2)n1NC(=O)OC(C)c1ccccc1Cl. The molecule has 0 aliphatic heterocycles. The minimum atomic E-state index is -0.546. The molecule has 0 spiro atoms. The second kappa shape index (κ2) is 7.98. The summed E-state index contributed by atoms with van der Waals surface area (Å²) >= 11 is 9.60. The lowest BCUT2D eigenvalue weighted by Crippen LogP contribution is -2.26. The zero-order valence-corrected chi connectivity index (χ0v) is 16.7. The molecular formula is C20H18BrClN2O2. The molecule has 0 saturated carbocycles. The Morgan fingerprint density at radius 3 is 2.50 bits per heavy atom. The molecule has 3 aromatic rings. The molecule has 1 amide bonds. The van der Waals surface area contributed by atoms with Gasteiger partial charge >= 0.3 is 6.09 Å². The van der Waals surface area contributed by atoms with Crippen molar-refractivity contribution in [3.05, 3.63) is 81.4 Å². The van der Waals surface area contributed by atoms with E-state index < -0.39 is 12.2 Å². The third-order valence-electron chi connectivity index (χ3n) is 4.05. The second-order valence-corrected chi connectivity index (χ2v) is 7.21. The van der Waals surface area contributed by atoms with E-state index >= 15 is 0 Å². The van der Waals surface area contributed by atoms with E-state index in [0.717, 1.165) is 27.0 Å². The van der Waals surface area contributed by atoms with Crippen molar-refractivity contribution in [2.75, 3.05) is 5.43 Å². The van der Waals surface area contributed by atoms with Crippen molar-refractivity contribution < 1.29 is 9.53 Å². The molecule has 0 saturated heterocycles. The van der Waals surface area contributed by atoms with Gasteiger partial charge in [0.15, 0.2) is 0 Å². The van der Waals surface area contributed by atoms with Crippen LogP contribution >= 0.6 is 27.5 Å². The summed E-state index contributed by atoms with van der Waals surface area (Å²) in [7, 11) is 0. The minimum absolute atomic E-state index is 0.462. The van der Waals surface area contributed by atoms with Gasteiger partial charge in [-0.1, -0.05) is 57.9 Å². The van der Waals surface area contributed by atoms with Crippen LogP contribution < -0.4 is 5.43 Å².